The highest BCUT2D eigenvalue weighted by Gasteiger charge is 2.13. The molecule has 1 N–H and O–H groups in total. The highest BCUT2D eigenvalue weighted by atomic mass is 35.5. The number of fused-ring (bicyclic) bond motifs is 1. The van der Waals surface area contributed by atoms with Crippen molar-refractivity contribution < 1.29 is 4.79 Å². The number of rotatable bonds is 4. The lowest BCUT2D eigenvalue weighted by atomic mass is 10.1. The van der Waals surface area contributed by atoms with Crippen molar-refractivity contribution >= 4 is 28.4 Å². The standard InChI is InChI=1S/C14H15ClN2O2/c1-2-17(14(19)8-15)9-10-7-13(18)16-12-6-4-3-5-11(10)12/h3-7H,2,8-9H2,1H3,(H,16,18). The van der Waals surface area contributed by atoms with Crippen molar-refractivity contribution in [2.75, 3.05) is 12.4 Å². The first kappa shape index (κ1) is 13.6. The van der Waals surface area contributed by atoms with Gasteiger partial charge in [0.25, 0.3) is 0 Å². The van der Waals surface area contributed by atoms with Crippen molar-refractivity contribution in [1.29, 1.82) is 0 Å². The summed E-state index contributed by atoms with van der Waals surface area (Å²) in [4.78, 5) is 27.7. The first-order valence-corrected chi connectivity index (χ1v) is 6.64. The Labute approximate surface area is 116 Å². The third-order valence-corrected chi connectivity index (χ3v) is 3.27. The maximum atomic E-state index is 11.7. The minimum atomic E-state index is -0.164. The van der Waals surface area contributed by atoms with Crippen molar-refractivity contribution in [2.45, 2.75) is 13.5 Å². The second-order valence-electron chi connectivity index (χ2n) is 4.25. The number of benzene rings is 1. The summed E-state index contributed by atoms with van der Waals surface area (Å²) in [6.45, 7) is 2.85. The second kappa shape index (κ2) is 5.89. The SMILES string of the molecule is CCN(Cc1cc(=O)[nH]c2ccccc12)C(=O)CCl. The van der Waals surface area contributed by atoms with Gasteiger partial charge in [-0.1, -0.05) is 18.2 Å². The van der Waals surface area contributed by atoms with Gasteiger partial charge in [-0.3, -0.25) is 9.59 Å². The Kier molecular flexibility index (Phi) is 4.22. The van der Waals surface area contributed by atoms with Crippen LogP contribution >= 0.6 is 11.6 Å². The third kappa shape index (κ3) is 2.96. The molecule has 0 aliphatic heterocycles. The Morgan fingerprint density at radius 2 is 2.11 bits per heavy atom. The van der Waals surface area contributed by atoms with E-state index in [2.05, 4.69) is 4.98 Å². The minimum absolute atomic E-state index is 0.0467. The molecule has 1 aromatic carbocycles. The molecule has 1 heterocycles. The van der Waals surface area contributed by atoms with Gasteiger partial charge in [-0.25, -0.2) is 0 Å². The summed E-state index contributed by atoms with van der Waals surface area (Å²) in [5.41, 5.74) is 1.45. The quantitative estimate of drug-likeness (QED) is 0.871. The van der Waals surface area contributed by atoms with Crippen molar-refractivity contribution in [3.8, 4) is 0 Å². The molecule has 1 aromatic heterocycles. The van der Waals surface area contributed by atoms with Gasteiger partial charge in [0, 0.05) is 30.1 Å². The molecule has 0 atom stereocenters. The summed E-state index contributed by atoms with van der Waals surface area (Å²) in [7, 11) is 0. The van der Waals surface area contributed by atoms with Gasteiger partial charge >= 0.3 is 0 Å². The number of pyridine rings is 1. The van der Waals surface area contributed by atoms with Gasteiger partial charge in [-0.15, -0.1) is 11.6 Å². The summed E-state index contributed by atoms with van der Waals surface area (Å²) in [5.74, 6) is -0.178. The van der Waals surface area contributed by atoms with Gasteiger partial charge in [0.2, 0.25) is 11.5 Å². The van der Waals surface area contributed by atoms with Crippen molar-refractivity contribution in [3.63, 3.8) is 0 Å². The number of hydrogen-bond acceptors (Lipinski definition) is 2. The smallest absolute Gasteiger partial charge is 0.248 e. The van der Waals surface area contributed by atoms with Crippen LogP contribution in [0.4, 0.5) is 0 Å². The zero-order chi connectivity index (χ0) is 13.8. The lowest BCUT2D eigenvalue weighted by molar-refractivity contribution is -0.128. The average molecular weight is 279 g/mol. The van der Waals surface area contributed by atoms with Crippen LogP contribution in [0.3, 0.4) is 0 Å². The molecule has 4 nitrogen and oxygen atoms in total. The summed E-state index contributed by atoms with van der Waals surface area (Å²) in [6, 6.07) is 9.08. The largest absolute Gasteiger partial charge is 0.338 e. The van der Waals surface area contributed by atoms with Gasteiger partial charge in [0.05, 0.1) is 0 Å². The van der Waals surface area contributed by atoms with E-state index in [4.69, 9.17) is 11.6 Å². The van der Waals surface area contributed by atoms with Crippen LogP contribution in [0.1, 0.15) is 12.5 Å². The van der Waals surface area contributed by atoms with Crippen LogP contribution in [0.2, 0.25) is 0 Å². The molecule has 0 spiro atoms. The van der Waals surface area contributed by atoms with Gasteiger partial charge in [-0.2, -0.15) is 0 Å². The number of aromatic nitrogens is 1. The maximum absolute atomic E-state index is 11.7. The summed E-state index contributed by atoms with van der Waals surface area (Å²) in [6.07, 6.45) is 0. The van der Waals surface area contributed by atoms with Crippen LogP contribution in [0.5, 0.6) is 0 Å². The van der Waals surface area contributed by atoms with E-state index >= 15 is 0 Å². The molecule has 1 amide bonds. The van der Waals surface area contributed by atoms with Crippen LogP contribution in [0.15, 0.2) is 35.1 Å². The Hall–Kier alpha value is -1.81. The monoisotopic (exact) mass is 278 g/mol. The van der Waals surface area contributed by atoms with Gasteiger partial charge in [0.1, 0.15) is 5.88 Å². The molecule has 19 heavy (non-hydrogen) atoms. The number of hydrogen-bond donors (Lipinski definition) is 1. The third-order valence-electron chi connectivity index (χ3n) is 3.05. The average Bonchev–Trinajstić information content (AvgIpc) is 2.43. The van der Waals surface area contributed by atoms with E-state index in [0.717, 1.165) is 16.5 Å². The minimum Gasteiger partial charge on any atom is -0.338 e. The molecule has 0 aliphatic rings. The van der Waals surface area contributed by atoms with E-state index in [1.807, 2.05) is 31.2 Å². The summed E-state index contributed by atoms with van der Waals surface area (Å²) >= 11 is 5.58. The fraction of sp³-hybridized carbons (Fsp3) is 0.286. The first-order chi connectivity index (χ1) is 9.15. The molecule has 0 aliphatic carbocycles. The normalized spacial score (nSPS) is 10.6. The lowest BCUT2D eigenvalue weighted by Crippen LogP contribution is -2.31. The van der Waals surface area contributed by atoms with Crippen LogP contribution in [-0.2, 0) is 11.3 Å². The number of aromatic amines is 1. The molecule has 5 heteroatoms. The van der Waals surface area contributed by atoms with Crippen LogP contribution in [0.25, 0.3) is 10.9 Å². The van der Waals surface area contributed by atoms with Gasteiger partial charge < -0.3 is 9.88 Å². The van der Waals surface area contributed by atoms with Crippen LogP contribution in [-0.4, -0.2) is 28.2 Å². The zero-order valence-electron chi connectivity index (χ0n) is 10.6. The first-order valence-electron chi connectivity index (χ1n) is 6.10. The molecular formula is C14H15ClN2O2. The fourth-order valence-corrected chi connectivity index (χ4v) is 2.24. The van der Waals surface area contributed by atoms with Crippen LogP contribution < -0.4 is 5.56 Å². The number of para-hydroxylation sites is 1. The molecule has 0 radical (unpaired) electrons. The molecule has 0 saturated carbocycles. The van der Waals surface area contributed by atoms with E-state index < -0.39 is 0 Å². The molecule has 0 unspecified atom stereocenters. The second-order valence-corrected chi connectivity index (χ2v) is 4.51. The maximum Gasteiger partial charge on any atom is 0.248 e. The molecule has 0 bridgehead atoms. The topological polar surface area (TPSA) is 53.2 Å². The highest BCUT2D eigenvalue weighted by Crippen LogP contribution is 2.16. The Bertz CT molecular complexity index is 651. The lowest BCUT2D eigenvalue weighted by Gasteiger charge is -2.20. The predicted molar refractivity (Wildman–Crippen MR) is 76.4 cm³/mol. The predicted octanol–water partition coefficient (Wildman–Crippen LogP) is 2.12. The Morgan fingerprint density at radius 3 is 2.79 bits per heavy atom. The molecule has 2 rings (SSSR count). The summed E-state index contributed by atoms with van der Waals surface area (Å²) in [5, 5.41) is 0.947. The van der Waals surface area contributed by atoms with E-state index in [9.17, 15) is 9.59 Å². The Balaban J connectivity index is 2.44. The molecule has 2 aromatic rings. The number of amides is 1. The highest BCUT2D eigenvalue weighted by molar-refractivity contribution is 6.27. The molecule has 100 valence electrons. The van der Waals surface area contributed by atoms with Crippen molar-refractivity contribution in [1.82, 2.24) is 9.88 Å². The van der Waals surface area contributed by atoms with Crippen molar-refractivity contribution in [2.24, 2.45) is 0 Å². The van der Waals surface area contributed by atoms with Crippen LogP contribution in [0, 0.1) is 0 Å². The zero-order valence-corrected chi connectivity index (χ0v) is 11.4. The number of carbonyl (C=O) groups excluding carboxylic acids is 1. The number of nitrogens with one attached hydrogen (secondary N) is 1. The van der Waals surface area contributed by atoms with Gasteiger partial charge in [0.15, 0.2) is 0 Å². The molecule has 0 saturated heterocycles. The number of carbonyl (C=O) groups is 1. The number of halogens is 1. The molecule has 0 fully saturated rings. The van der Waals surface area contributed by atoms with E-state index in [0.29, 0.717) is 13.1 Å². The van der Waals surface area contributed by atoms with E-state index in [-0.39, 0.29) is 17.3 Å². The Morgan fingerprint density at radius 1 is 1.37 bits per heavy atom. The van der Waals surface area contributed by atoms with Gasteiger partial charge in [-0.05, 0) is 18.6 Å². The number of alkyl halides is 1. The van der Waals surface area contributed by atoms with Crippen molar-refractivity contribution in [3.05, 3.63) is 46.2 Å². The number of H-pyrrole nitrogens is 1. The fourth-order valence-electron chi connectivity index (χ4n) is 2.07. The molecular weight excluding hydrogens is 264 g/mol. The van der Waals surface area contributed by atoms with E-state index in [1.165, 1.54) is 6.07 Å². The van der Waals surface area contributed by atoms with E-state index in [1.54, 1.807) is 4.90 Å². The summed E-state index contributed by atoms with van der Waals surface area (Å²) < 4.78 is 0. The number of nitrogens with zero attached hydrogens (tertiary/aromatic N) is 1.